The van der Waals surface area contributed by atoms with E-state index in [0.29, 0.717) is 6.04 Å². The lowest BCUT2D eigenvalue weighted by molar-refractivity contribution is 0.0116. The van der Waals surface area contributed by atoms with Crippen LogP contribution in [0, 0.1) is 5.92 Å². The number of aliphatic hydroxyl groups excluding tert-OH is 1. The topological polar surface area (TPSA) is 26.7 Å². The van der Waals surface area contributed by atoms with Gasteiger partial charge in [-0.1, -0.05) is 25.7 Å². The van der Waals surface area contributed by atoms with Crippen molar-refractivity contribution in [1.29, 1.82) is 0 Å². The molecule has 0 amide bonds. The molecule has 3 rings (SSSR count). The zero-order chi connectivity index (χ0) is 14.5. The van der Waals surface area contributed by atoms with E-state index in [0.717, 1.165) is 12.3 Å². The minimum Gasteiger partial charge on any atom is -0.391 e. The fourth-order valence-electron chi connectivity index (χ4n) is 4.67. The van der Waals surface area contributed by atoms with Gasteiger partial charge in [-0.2, -0.15) is 0 Å². The van der Waals surface area contributed by atoms with Crippen molar-refractivity contribution in [2.24, 2.45) is 5.92 Å². The lowest BCUT2D eigenvalue weighted by Gasteiger charge is -2.41. The molecule has 0 bridgehead atoms. The van der Waals surface area contributed by atoms with Gasteiger partial charge < -0.3 is 10.0 Å². The van der Waals surface area contributed by atoms with Gasteiger partial charge in [0.15, 0.2) is 0 Å². The number of hydrogen-bond acceptors (Lipinski definition) is 3. The first-order valence-electron chi connectivity index (χ1n) is 9.47. The van der Waals surface area contributed by atoms with Gasteiger partial charge in [0.1, 0.15) is 0 Å². The summed E-state index contributed by atoms with van der Waals surface area (Å²) in [5.74, 6) is 0.907. The zero-order valence-corrected chi connectivity index (χ0v) is 13.7. The van der Waals surface area contributed by atoms with E-state index in [4.69, 9.17) is 0 Å². The maximum absolute atomic E-state index is 10.5. The molecule has 1 saturated carbocycles. The number of hydrogen-bond donors (Lipinski definition) is 1. The summed E-state index contributed by atoms with van der Waals surface area (Å²) in [7, 11) is 0. The van der Waals surface area contributed by atoms with Crippen LogP contribution in [-0.2, 0) is 0 Å². The Morgan fingerprint density at radius 1 is 0.714 bits per heavy atom. The van der Waals surface area contributed by atoms with Crippen molar-refractivity contribution in [2.45, 2.75) is 76.4 Å². The number of nitrogens with zero attached hydrogens (tertiary/aromatic N) is 2. The lowest BCUT2D eigenvalue weighted by atomic mass is 9.89. The quantitative estimate of drug-likeness (QED) is 0.867. The first kappa shape index (κ1) is 15.8. The number of piperidine rings is 1. The largest absolute Gasteiger partial charge is 0.391 e. The Morgan fingerprint density at radius 3 is 2.10 bits per heavy atom. The van der Waals surface area contributed by atoms with E-state index in [9.17, 15) is 5.11 Å². The van der Waals surface area contributed by atoms with Crippen LogP contribution < -0.4 is 0 Å². The number of rotatable bonds is 3. The highest BCUT2D eigenvalue weighted by atomic mass is 16.3. The van der Waals surface area contributed by atoms with Crippen LogP contribution in [0.2, 0.25) is 0 Å². The Balaban J connectivity index is 1.45. The summed E-state index contributed by atoms with van der Waals surface area (Å²) in [6.07, 6.45) is 12.9. The molecule has 3 heteroatoms. The fraction of sp³-hybridized carbons (Fsp3) is 1.00. The van der Waals surface area contributed by atoms with Crippen molar-refractivity contribution in [3.63, 3.8) is 0 Å². The minimum atomic E-state index is -0.0690. The summed E-state index contributed by atoms with van der Waals surface area (Å²) in [4.78, 5) is 5.29. The van der Waals surface area contributed by atoms with Crippen molar-refractivity contribution in [2.75, 3.05) is 32.7 Å². The van der Waals surface area contributed by atoms with Gasteiger partial charge in [-0.3, -0.25) is 4.90 Å². The predicted octanol–water partition coefficient (Wildman–Crippen LogP) is 2.88. The van der Waals surface area contributed by atoms with E-state index in [1.807, 2.05) is 0 Å². The van der Waals surface area contributed by atoms with E-state index < -0.39 is 0 Å². The van der Waals surface area contributed by atoms with Gasteiger partial charge in [-0.25, -0.2) is 0 Å². The Morgan fingerprint density at radius 2 is 1.38 bits per heavy atom. The SMILES string of the molecule is OC1CCCCCCC1N1CCC(CN2CCCC2)CC1. The van der Waals surface area contributed by atoms with E-state index in [2.05, 4.69) is 9.80 Å². The maximum Gasteiger partial charge on any atom is 0.0695 e. The Labute approximate surface area is 130 Å². The molecule has 3 fully saturated rings. The molecule has 1 aliphatic carbocycles. The third kappa shape index (κ3) is 4.43. The van der Waals surface area contributed by atoms with Gasteiger partial charge in [-0.05, 0) is 70.6 Å². The highest BCUT2D eigenvalue weighted by Gasteiger charge is 2.30. The molecular formula is C18H34N2O. The molecule has 3 aliphatic rings. The first-order chi connectivity index (χ1) is 10.3. The van der Waals surface area contributed by atoms with E-state index in [1.54, 1.807) is 0 Å². The highest BCUT2D eigenvalue weighted by molar-refractivity contribution is 4.85. The molecule has 2 heterocycles. The summed E-state index contributed by atoms with van der Waals surface area (Å²) < 4.78 is 0. The molecule has 3 nitrogen and oxygen atoms in total. The van der Waals surface area contributed by atoms with Crippen molar-refractivity contribution in [3.8, 4) is 0 Å². The molecule has 2 saturated heterocycles. The second kappa shape index (κ2) is 7.94. The van der Waals surface area contributed by atoms with Crippen molar-refractivity contribution >= 4 is 0 Å². The predicted molar refractivity (Wildman–Crippen MR) is 87.5 cm³/mol. The number of aliphatic hydroxyl groups is 1. The van der Waals surface area contributed by atoms with Gasteiger partial charge in [0.05, 0.1) is 6.10 Å². The van der Waals surface area contributed by atoms with Crippen LogP contribution in [0.25, 0.3) is 0 Å². The first-order valence-corrected chi connectivity index (χ1v) is 9.47. The molecule has 122 valence electrons. The van der Waals surface area contributed by atoms with Crippen LogP contribution >= 0.6 is 0 Å². The molecule has 2 aliphatic heterocycles. The monoisotopic (exact) mass is 294 g/mol. The minimum absolute atomic E-state index is 0.0690. The summed E-state index contributed by atoms with van der Waals surface area (Å²) >= 11 is 0. The molecule has 0 aromatic heterocycles. The van der Waals surface area contributed by atoms with Crippen molar-refractivity contribution < 1.29 is 5.11 Å². The molecule has 0 radical (unpaired) electrons. The molecule has 0 spiro atoms. The van der Waals surface area contributed by atoms with Gasteiger partial charge in [0, 0.05) is 12.6 Å². The van der Waals surface area contributed by atoms with E-state index in [1.165, 1.54) is 90.5 Å². The van der Waals surface area contributed by atoms with E-state index in [-0.39, 0.29) is 6.10 Å². The van der Waals surface area contributed by atoms with Gasteiger partial charge >= 0.3 is 0 Å². The second-order valence-electron chi connectivity index (χ2n) is 7.61. The Kier molecular flexibility index (Phi) is 5.96. The summed E-state index contributed by atoms with van der Waals surface area (Å²) in [6, 6.07) is 0.457. The maximum atomic E-state index is 10.5. The molecule has 1 N–H and O–H groups in total. The van der Waals surface area contributed by atoms with Crippen molar-refractivity contribution in [1.82, 2.24) is 9.80 Å². The van der Waals surface area contributed by atoms with Crippen LogP contribution in [0.5, 0.6) is 0 Å². The van der Waals surface area contributed by atoms with Crippen LogP contribution in [0.15, 0.2) is 0 Å². The summed E-state index contributed by atoms with van der Waals surface area (Å²) in [5, 5.41) is 10.5. The smallest absolute Gasteiger partial charge is 0.0695 e. The molecule has 0 aromatic rings. The van der Waals surface area contributed by atoms with Crippen molar-refractivity contribution in [3.05, 3.63) is 0 Å². The fourth-order valence-corrected chi connectivity index (χ4v) is 4.67. The van der Waals surface area contributed by atoms with E-state index >= 15 is 0 Å². The van der Waals surface area contributed by atoms with Gasteiger partial charge in [0.25, 0.3) is 0 Å². The van der Waals surface area contributed by atoms with Crippen LogP contribution in [-0.4, -0.2) is 59.8 Å². The zero-order valence-electron chi connectivity index (χ0n) is 13.7. The molecule has 2 atom stereocenters. The summed E-state index contributed by atoms with van der Waals surface area (Å²) in [5.41, 5.74) is 0. The third-order valence-corrected chi connectivity index (χ3v) is 6.03. The third-order valence-electron chi connectivity index (χ3n) is 6.03. The number of likely N-dealkylation sites (tertiary alicyclic amines) is 2. The Bertz CT molecular complexity index is 296. The standard InChI is InChI=1S/C18H34N2O/c21-18-8-4-2-1-3-7-17(18)20-13-9-16(10-14-20)15-19-11-5-6-12-19/h16-18,21H,1-15H2. The normalized spacial score (nSPS) is 34.7. The second-order valence-corrected chi connectivity index (χ2v) is 7.61. The molecule has 21 heavy (non-hydrogen) atoms. The molecular weight excluding hydrogens is 260 g/mol. The van der Waals surface area contributed by atoms with Crippen LogP contribution in [0.1, 0.15) is 64.2 Å². The highest BCUT2D eigenvalue weighted by Crippen LogP contribution is 2.27. The average molecular weight is 294 g/mol. The van der Waals surface area contributed by atoms with Gasteiger partial charge in [0.2, 0.25) is 0 Å². The average Bonchev–Trinajstić information content (AvgIpc) is 2.98. The molecule has 2 unspecified atom stereocenters. The summed E-state index contributed by atoms with van der Waals surface area (Å²) in [6.45, 7) is 6.45. The lowest BCUT2D eigenvalue weighted by Crippen LogP contribution is -2.48. The Hall–Kier alpha value is -0.120. The van der Waals surface area contributed by atoms with Gasteiger partial charge in [-0.15, -0.1) is 0 Å². The molecule has 0 aromatic carbocycles. The van der Waals surface area contributed by atoms with Crippen LogP contribution in [0.3, 0.4) is 0 Å². The van der Waals surface area contributed by atoms with Crippen LogP contribution in [0.4, 0.5) is 0 Å².